The molecule has 6 nitrogen and oxygen atoms in total. The van der Waals surface area contributed by atoms with Crippen LogP contribution in [0.15, 0.2) is 24.3 Å². The number of nitrogens with zero attached hydrogens (tertiary/aromatic N) is 2. The Morgan fingerprint density at radius 1 is 1.18 bits per heavy atom. The van der Waals surface area contributed by atoms with Crippen LogP contribution in [0.4, 0.5) is 4.39 Å². The first kappa shape index (κ1) is 18.7. The molecule has 0 unspecified atom stereocenters. The second-order valence-electron chi connectivity index (χ2n) is 7.88. The number of carboxylic acids is 1. The zero-order valence-electron chi connectivity index (χ0n) is 15.7. The summed E-state index contributed by atoms with van der Waals surface area (Å²) in [7, 11) is 0. The molecule has 7 heteroatoms. The number of aromatic nitrogens is 2. The van der Waals surface area contributed by atoms with Crippen molar-refractivity contribution in [2.24, 2.45) is 0 Å². The van der Waals surface area contributed by atoms with Gasteiger partial charge in [-0.2, -0.15) is 5.10 Å². The van der Waals surface area contributed by atoms with Gasteiger partial charge >= 0.3 is 5.97 Å². The van der Waals surface area contributed by atoms with E-state index in [-0.39, 0.29) is 18.1 Å². The maximum absolute atomic E-state index is 13.7. The minimum absolute atomic E-state index is 0.0778. The number of hydrogen-bond acceptors (Lipinski definition) is 3. The van der Waals surface area contributed by atoms with Crippen LogP contribution in [0.25, 0.3) is 5.69 Å². The standard InChI is InChI=1S/C21H24FN3O3/c22-14-6-5-7-15(12-14)25-17-9-2-1-8-16(17)19(24-25)20(28)23-21(13-18(26)27)10-3-4-11-21/h5-7,12H,1-4,8-11,13H2,(H,23,28)(H,26,27). The predicted octanol–water partition coefficient (Wildman–Crippen LogP) is 3.41. The van der Waals surface area contributed by atoms with Crippen LogP contribution in [0.3, 0.4) is 0 Å². The van der Waals surface area contributed by atoms with Gasteiger partial charge in [-0.25, -0.2) is 9.07 Å². The summed E-state index contributed by atoms with van der Waals surface area (Å²) >= 11 is 0. The van der Waals surface area contributed by atoms with Crippen LogP contribution in [-0.2, 0) is 17.6 Å². The molecule has 1 amide bonds. The smallest absolute Gasteiger partial charge is 0.305 e. The number of amides is 1. The molecule has 28 heavy (non-hydrogen) atoms. The monoisotopic (exact) mass is 385 g/mol. The molecule has 1 aromatic heterocycles. The van der Waals surface area contributed by atoms with Gasteiger partial charge in [0.2, 0.25) is 0 Å². The van der Waals surface area contributed by atoms with Gasteiger partial charge in [0, 0.05) is 11.3 Å². The summed E-state index contributed by atoms with van der Waals surface area (Å²) < 4.78 is 15.4. The van der Waals surface area contributed by atoms with E-state index in [1.54, 1.807) is 16.8 Å². The van der Waals surface area contributed by atoms with Gasteiger partial charge in [0.25, 0.3) is 5.91 Å². The maximum atomic E-state index is 13.7. The summed E-state index contributed by atoms with van der Waals surface area (Å²) in [5.74, 6) is -1.58. The van der Waals surface area contributed by atoms with Crippen molar-refractivity contribution in [3.05, 3.63) is 47.0 Å². The fourth-order valence-corrected chi connectivity index (χ4v) is 4.59. The largest absolute Gasteiger partial charge is 0.481 e. The van der Waals surface area contributed by atoms with Crippen molar-refractivity contribution in [1.29, 1.82) is 0 Å². The highest BCUT2D eigenvalue weighted by atomic mass is 19.1. The molecule has 2 aliphatic rings. The number of aliphatic carboxylic acids is 1. The second kappa shape index (κ2) is 7.37. The Morgan fingerprint density at radius 3 is 2.64 bits per heavy atom. The zero-order chi connectivity index (χ0) is 19.7. The Bertz CT molecular complexity index is 916. The van der Waals surface area contributed by atoms with E-state index in [9.17, 15) is 19.1 Å². The molecule has 1 fully saturated rings. The summed E-state index contributed by atoms with van der Waals surface area (Å²) in [5, 5.41) is 16.8. The van der Waals surface area contributed by atoms with Crippen molar-refractivity contribution in [3.63, 3.8) is 0 Å². The van der Waals surface area contributed by atoms with Crippen LogP contribution in [0.2, 0.25) is 0 Å². The molecule has 0 atom stereocenters. The van der Waals surface area contributed by atoms with E-state index in [1.165, 1.54) is 12.1 Å². The van der Waals surface area contributed by atoms with E-state index in [4.69, 9.17) is 0 Å². The second-order valence-corrected chi connectivity index (χ2v) is 7.88. The molecule has 2 aliphatic carbocycles. The Kier molecular flexibility index (Phi) is 4.91. The van der Waals surface area contributed by atoms with Crippen LogP contribution in [0.1, 0.15) is 66.7 Å². The number of hydrogen-bond donors (Lipinski definition) is 2. The van der Waals surface area contributed by atoms with E-state index < -0.39 is 11.5 Å². The third-order valence-corrected chi connectivity index (χ3v) is 5.88. The Morgan fingerprint density at radius 2 is 1.93 bits per heavy atom. The van der Waals surface area contributed by atoms with Crippen LogP contribution in [0, 0.1) is 5.82 Å². The predicted molar refractivity (Wildman–Crippen MR) is 101 cm³/mol. The molecule has 1 heterocycles. The number of nitrogens with one attached hydrogen (secondary N) is 1. The van der Waals surface area contributed by atoms with Crippen molar-refractivity contribution in [2.45, 2.75) is 63.3 Å². The quantitative estimate of drug-likeness (QED) is 0.826. The first-order valence-corrected chi connectivity index (χ1v) is 9.88. The molecular weight excluding hydrogens is 361 g/mol. The highest BCUT2D eigenvalue weighted by Gasteiger charge is 2.39. The molecular formula is C21H24FN3O3. The van der Waals surface area contributed by atoms with E-state index in [0.717, 1.165) is 49.8 Å². The molecule has 2 N–H and O–H groups in total. The summed E-state index contributed by atoms with van der Waals surface area (Å²) in [4.78, 5) is 24.4. The summed E-state index contributed by atoms with van der Waals surface area (Å²) in [5.41, 5.74) is 2.08. The number of rotatable bonds is 5. The molecule has 4 rings (SSSR count). The van der Waals surface area contributed by atoms with Crippen LogP contribution >= 0.6 is 0 Å². The molecule has 2 aromatic rings. The number of benzene rings is 1. The number of halogens is 1. The topological polar surface area (TPSA) is 84.2 Å². The molecule has 0 saturated heterocycles. The normalized spacial score (nSPS) is 17.9. The zero-order valence-corrected chi connectivity index (χ0v) is 15.7. The lowest BCUT2D eigenvalue weighted by Gasteiger charge is -2.28. The summed E-state index contributed by atoms with van der Waals surface area (Å²) in [6, 6.07) is 6.19. The average molecular weight is 385 g/mol. The number of carbonyl (C=O) groups is 2. The van der Waals surface area contributed by atoms with E-state index >= 15 is 0 Å². The van der Waals surface area contributed by atoms with Gasteiger partial charge in [-0.1, -0.05) is 18.9 Å². The van der Waals surface area contributed by atoms with E-state index in [0.29, 0.717) is 24.2 Å². The molecule has 0 aliphatic heterocycles. The number of fused-ring (bicyclic) bond motifs is 1. The van der Waals surface area contributed by atoms with E-state index in [2.05, 4.69) is 10.4 Å². The Hall–Kier alpha value is -2.70. The van der Waals surface area contributed by atoms with Gasteiger partial charge in [-0.3, -0.25) is 9.59 Å². The average Bonchev–Trinajstić information content (AvgIpc) is 3.26. The van der Waals surface area contributed by atoms with Gasteiger partial charge in [-0.05, 0) is 56.7 Å². The van der Waals surface area contributed by atoms with Crippen molar-refractivity contribution in [1.82, 2.24) is 15.1 Å². The van der Waals surface area contributed by atoms with Crippen molar-refractivity contribution < 1.29 is 19.1 Å². The van der Waals surface area contributed by atoms with Gasteiger partial charge < -0.3 is 10.4 Å². The van der Waals surface area contributed by atoms with Gasteiger partial charge in [0.1, 0.15) is 5.82 Å². The number of carbonyl (C=O) groups excluding carboxylic acids is 1. The minimum Gasteiger partial charge on any atom is -0.481 e. The van der Waals surface area contributed by atoms with Gasteiger partial charge in [0.15, 0.2) is 5.69 Å². The highest BCUT2D eigenvalue weighted by molar-refractivity contribution is 5.95. The van der Waals surface area contributed by atoms with Gasteiger partial charge in [-0.15, -0.1) is 0 Å². The molecule has 0 bridgehead atoms. The summed E-state index contributed by atoms with van der Waals surface area (Å²) in [6.45, 7) is 0. The van der Waals surface area contributed by atoms with Crippen molar-refractivity contribution >= 4 is 11.9 Å². The molecule has 0 radical (unpaired) electrons. The Balaban J connectivity index is 1.69. The highest BCUT2D eigenvalue weighted by Crippen LogP contribution is 2.34. The maximum Gasteiger partial charge on any atom is 0.305 e. The summed E-state index contributed by atoms with van der Waals surface area (Å²) in [6.07, 6.45) is 6.57. The van der Waals surface area contributed by atoms with Crippen LogP contribution in [0.5, 0.6) is 0 Å². The minimum atomic E-state index is -0.908. The van der Waals surface area contributed by atoms with Crippen molar-refractivity contribution in [2.75, 3.05) is 0 Å². The molecule has 1 saturated carbocycles. The lowest BCUT2D eigenvalue weighted by atomic mass is 9.91. The van der Waals surface area contributed by atoms with Crippen LogP contribution < -0.4 is 5.32 Å². The Labute approximate surface area is 162 Å². The number of carboxylic acid groups (broad SMARTS) is 1. The lowest BCUT2D eigenvalue weighted by molar-refractivity contribution is -0.138. The molecule has 1 aromatic carbocycles. The SMILES string of the molecule is O=C(O)CC1(NC(=O)c2nn(-c3cccc(F)c3)c3c2CCCC3)CCCC1. The fourth-order valence-electron chi connectivity index (χ4n) is 4.59. The molecule has 148 valence electrons. The van der Waals surface area contributed by atoms with E-state index in [1.807, 2.05) is 0 Å². The lowest BCUT2D eigenvalue weighted by Crippen LogP contribution is -2.48. The van der Waals surface area contributed by atoms with Crippen molar-refractivity contribution in [3.8, 4) is 5.69 Å². The van der Waals surface area contributed by atoms with Crippen LogP contribution in [-0.4, -0.2) is 32.3 Å². The van der Waals surface area contributed by atoms with Gasteiger partial charge in [0.05, 0.1) is 17.6 Å². The third-order valence-electron chi connectivity index (χ3n) is 5.88. The first-order valence-electron chi connectivity index (χ1n) is 9.88. The third kappa shape index (κ3) is 3.53. The molecule has 0 spiro atoms. The first-order chi connectivity index (χ1) is 13.5. The fraction of sp³-hybridized carbons (Fsp3) is 0.476.